The smallest absolute Gasteiger partial charge is 0.325 e. The molecule has 182 valence electrons. The summed E-state index contributed by atoms with van der Waals surface area (Å²) in [6.07, 6.45) is 1.91. The Hall–Kier alpha value is -3.46. The Kier molecular flexibility index (Phi) is 6.19. The van der Waals surface area contributed by atoms with Gasteiger partial charge in [-0.25, -0.2) is 9.78 Å². The third-order valence-electron chi connectivity index (χ3n) is 6.88. The number of carbonyl (C=O) groups is 3. The van der Waals surface area contributed by atoms with Crippen LogP contribution in [-0.2, 0) is 16.0 Å². The summed E-state index contributed by atoms with van der Waals surface area (Å²) in [6, 6.07) is 15.0. The van der Waals surface area contributed by atoms with Gasteiger partial charge >= 0.3 is 6.03 Å². The number of urea groups is 1. The molecule has 2 fully saturated rings. The van der Waals surface area contributed by atoms with Gasteiger partial charge in [0.25, 0.3) is 5.91 Å². The molecule has 9 heteroatoms. The first-order chi connectivity index (χ1) is 16.9. The number of aromatic nitrogens is 1. The maximum absolute atomic E-state index is 13.2. The minimum atomic E-state index is -1.13. The zero-order valence-electron chi connectivity index (χ0n) is 19.8. The van der Waals surface area contributed by atoms with Crippen LogP contribution in [0.25, 0.3) is 10.2 Å². The Labute approximate surface area is 207 Å². The molecule has 4 amide bonds. The molecule has 3 aromatic rings. The van der Waals surface area contributed by atoms with Crippen LogP contribution in [0.5, 0.6) is 5.75 Å². The molecular formula is C26H28N4O4S. The molecule has 0 radical (unpaired) electrons. The van der Waals surface area contributed by atoms with Gasteiger partial charge in [-0.15, -0.1) is 11.3 Å². The van der Waals surface area contributed by atoms with E-state index >= 15 is 0 Å². The fraction of sp³-hybridized carbons (Fsp3) is 0.385. The van der Waals surface area contributed by atoms with Crippen molar-refractivity contribution in [3.63, 3.8) is 0 Å². The van der Waals surface area contributed by atoms with Gasteiger partial charge in [0.2, 0.25) is 5.91 Å². The van der Waals surface area contributed by atoms with E-state index in [-0.39, 0.29) is 18.9 Å². The number of fused-ring (bicyclic) bond motifs is 1. The normalized spacial score (nSPS) is 21.0. The number of amides is 4. The van der Waals surface area contributed by atoms with Crippen LogP contribution < -0.4 is 10.1 Å². The SMILES string of the molecule is COc1ccccc1CC1(C)NC(=O)N(CC(=O)N2CCC(c3nc4ccccc4s3)CC2)C1=O. The van der Waals surface area contributed by atoms with E-state index in [4.69, 9.17) is 9.72 Å². The van der Waals surface area contributed by atoms with Crippen molar-refractivity contribution < 1.29 is 19.1 Å². The number of para-hydroxylation sites is 2. The third kappa shape index (κ3) is 4.48. The number of imide groups is 1. The van der Waals surface area contributed by atoms with E-state index in [1.54, 1.807) is 30.3 Å². The Morgan fingerprint density at radius 2 is 1.86 bits per heavy atom. The molecule has 1 N–H and O–H groups in total. The van der Waals surface area contributed by atoms with Crippen molar-refractivity contribution >= 4 is 39.4 Å². The van der Waals surface area contributed by atoms with Crippen LogP contribution in [-0.4, -0.2) is 64.9 Å². The molecule has 2 aliphatic rings. The van der Waals surface area contributed by atoms with Gasteiger partial charge in [-0.3, -0.25) is 14.5 Å². The number of piperidine rings is 1. The molecule has 0 bridgehead atoms. The molecule has 3 heterocycles. The number of carbonyl (C=O) groups excluding carboxylic acids is 3. The zero-order chi connectivity index (χ0) is 24.6. The summed E-state index contributed by atoms with van der Waals surface area (Å²) in [5.41, 5.74) is 0.697. The number of nitrogens with zero attached hydrogens (tertiary/aromatic N) is 3. The number of ether oxygens (including phenoxy) is 1. The van der Waals surface area contributed by atoms with Crippen LogP contribution in [0.3, 0.4) is 0 Å². The molecule has 8 nitrogen and oxygen atoms in total. The molecule has 2 aliphatic heterocycles. The van der Waals surface area contributed by atoms with Gasteiger partial charge in [-0.2, -0.15) is 0 Å². The Morgan fingerprint density at radius 1 is 1.14 bits per heavy atom. The van der Waals surface area contributed by atoms with Gasteiger partial charge in [0, 0.05) is 25.4 Å². The van der Waals surface area contributed by atoms with E-state index in [1.807, 2.05) is 42.5 Å². The lowest BCUT2D eigenvalue weighted by Crippen LogP contribution is -2.48. The quantitative estimate of drug-likeness (QED) is 0.531. The summed E-state index contributed by atoms with van der Waals surface area (Å²) in [6.45, 7) is 2.61. The van der Waals surface area contributed by atoms with Crippen molar-refractivity contribution in [1.29, 1.82) is 0 Å². The van der Waals surface area contributed by atoms with E-state index in [0.29, 0.717) is 24.8 Å². The van der Waals surface area contributed by atoms with Crippen molar-refractivity contribution in [3.05, 3.63) is 59.1 Å². The average molecular weight is 493 g/mol. The highest BCUT2D eigenvalue weighted by atomic mass is 32.1. The summed E-state index contributed by atoms with van der Waals surface area (Å²) in [5.74, 6) is 0.363. The summed E-state index contributed by atoms with van der Waals surface area (Å²) in [4.78, 5) is 46.5. The van der Waals surface area contributed by atoms with E-state index < -0.39 is 17.5 Å². The number of benzene rings is 2. The molecule has 1 aromatic heterocycles. The third-order valence-corrected chi connectivity index (χ3v) is 8.08. The first kappa shape index (κ1) is 23.3. The highest BCUT2D eigenvalue weighted by Crippen LogP contribution is 2.34. The summed E-state index contributed by atoms with van der Waals surface area (Å²) < 4.78 is 6.57. The van der Waals surface area contributed by atoms with E-state index in [2.05, 4.69) is 11.4 Å². The summed E-state index contributed by atoms with van der Waals surface area (Å²) >= 11 is 1.71. The second-order valence-corrected chi connectivity index (χ2v) is 10.4. The minimum absolute atomic E-state index is 0.210. The van der Waals surface area contributed by atoms with Gasteiger partial charge in [0.1, 0.15) is 17.8 Å². The lowest BCUT2D eigenvalue weighted by molar-refractivity contribution is -0.139. The lowest BCUT2D eigenvalue weighted by atomic mass is 9.92. The van der Waals surface area contributed by atoms with Crippen molar-refractivity contribution in [2.24, 2.45) is 0 Å². The molecule has 2 aromatic carbocycles. The van der Waals surface area contributed by atoms with Crippen molar-refractivity contribution in [2.75, 3.05) is 26.7 Å². The molecule has 2 saturated heterocycles. The summed E-state index contributed by atoms with van der Waals surface area (Å²) in [5, 5.41) is 3.89. The van der Waals surface area contributed by atoms with Crippen LogP contribution >= 0.6 is 11.3 Å². The van der Waals surface area contributed by atoms with Crippen LogP contribution in [0.2, 0.25) is 0 Å². The predicted molar refractivity (Wildman–Crippen MR) is 134 cm³/mol. The van der Waals surface area contributed by atoms with Crippen LogP contribution in [0.15, 0.2) is 48.5 Å². The fourth-order valence-corrected chi connectivity index (χ4v) is 6.05. The van der Waals surface area contributed by atoms with Gasteiger partial charge in [0.05, 0.1) is 22.3 Å². The van der Waals surface area contributed by atoms with Gasteiger partial charge in [0.15, 0.2) is 0 Å². The highest BCUT2D eigenvalue weighted by molar-refractivity contribution is 7.18. The topological polar surface area (TPSA) is 91.8 Å². The van der Waals surface area contributed by atoms with Crippen LogP contribution in [0.4, 0.5) is 4.79 Å². The number of hydrogen-bond acceptors (Lipinski definition) is 6. The molecule has 5 rings (SSSR count). The van der Waals surface area contributed by atoms with Gasteiger partial charge in [-0.1, -0.05) is 30.3 Å². The highest BCUT2D eigenvalue weighted by Gasteiger charge is 2.49. The van der Waals surface area contributed by atoms with Crippen LogP contribution in [0.1, 0.15) is 36.3 Å². The van der Waals surface area contributed by atoms with Gasteiger partial charge < -0.3 is 15.0 Å². The average Bonchev–Trinajstić information content (AvgIpc) is 3.39. The lowest BCUT2D eigenvalue weighted by Gasteiger charge is -2.32. The predicted octanol–water partition coefficient (Wildman–Crippen LogP) is 3.56. The Balaban J connectivity index is 1.20. The first-order valence-electron chi connectivity index (χ1n) is 11.8. The molecular weight excluding hydrogens is 464 g/mol. The van der Waals surface area contributed by atoms with Crippen molar-refractivity contribution in [3.8, 4) is 5.75 Å². The largest absolute Gasteiger partial charge is 0.496 e. The Morgan fingerprint density at radius 3 is 2.60 bits per heavy atom. The van der Waals surface area contributed by atoms with Crippen LogP contribution in [0, 0.1) is 0 Å². The molecule has 0 spiro atoms. The second-order valence-electron chi connectivity index (χ2n) is 9.32. The maximum atomic E-state index is 13.2. The monoisotopic (exact) mass is 492 g/mol. The number of hydrogen-bond donors (Lipinski definition) is 1. The number of methoxy groups -OCH3 is 1. The second kappa shape index (κ2) is 9.30. The van der Waals surface area contributed by atoms with Crippen molar-refractivity contribution in [2.45, 2.75) is 37.6 Å². The summed E-state index contributed by atoms with van der Waals surface area (Å²) in [7, 11) is 1.57. The number of thiazole rings is 1. The molecule has 35 heavy (non-hydrogen) atoms. The number of likely N-dealkylation sites (tertiary alicyclic amines) is 1. The number of rotatable bonds is 6. The molecule has 1 atom stereocenters. The fourth-order valence-electron chi connectivity index (χ4n) is 4.92. The first-order valence-corrected chi connectivity index (χ1v) is 12.6. The molecule has 0 aliphatic carbocycles. The molecule has 1 unspecified atom stereocenters. The maximum Gasteiger partial charge on any atom is 0.325 e. The Bertz CT molecular complexity index is 1250. The minimum Gasteiger partial charge on any atom is -0.496 e. The number of nitrogens with one attached hydrogen (secondary N) is 1. The van der Waals surface area contributed by atoms with E-state index in [0.717, 1.165) is 33.8 Å². The zero-order valence-corrected chi connectivity index (χ0v) is 20.6. The molecule has 0 saturated carbocycles. The standard InChI is InChI=1S/C26H28N4O4S/c1-26(15-18-7-3-5-9-20(18)34-2)24(32)30(25(33)28-26)16-22(31)29-13-11-17(12-14-29)23-27-19-8-4-6-10-21(19)35-23/h3-10,17H,11-16H2,1-2H3,(H,28,33). The van der Waals surface area contributed by atoms with Gasteiger partial charge in [-0.05, 0) is 43.5 Å². The van der Waals surface area contributed by atoms with E-state index in [1.165, 1.54) is 4.70 Å². The van der Waals surface area contributed by atoms with E-state index in [9.17, 15) is 14.4 Å². The van der Waals surface area contributed by atoms with Crippen molar-refractivity contribution in [1.82, 2.24) is 20.1 Å².